The van der Waals surface area contributed by atoms with Crippen LogP contribution in [0.4, 0.5) is 8.78 Å². The molecule has 0 radical (unpaired) electrons. The highest BCUT2D eigenvalue weighted by atomic mass is 35.5. The fourth-order valence-electron chi connectivity index (χ4n) is 2.72. The van der Waals surface area contributed by atoms with Gasteiger partial charge in [-0.05, 0) is 30.3 Å². The van der Waals surface area contributed by atoms with Crippen LogP contribution in [0.5, 0.6) is 11.6 Å². The molecule has 3 aromatic rings. The van der Waals surface area contributed by atoms with Crippen LogP contribution in [0.2, 0.25) is 5.02 Å². The first kappa shape index (κ1) is 17.2. The maximum absolute atomic E-state index is 14.4. The van der Waals surface area contributed by atoms with Gasteiger partial charge < -0.3 is 9.47 Å². The summed E-state index contributed by atoms with van der Waals surface area (Å²) >= 11 is 6.36. The number of ether oxygens (including phenoxy) is 2. The Morgan fingerprint density at radius 3 is 2.24 bits per heavy atom. The molecule has 7 heteroatoms. The molecule has 130 valence electrons. The van der Waals surface area contributed by atoms with E-state index in [4.69, 9.17) is 21.1 Å². The van der Waals surface area contributed by atoms with Gasteiger partial charge in [-0.15, -0.1) is 5.10 Å². The van der Waals surface area contributed by atoms with Gasteiger partial charge in [0.2, 0.25) is 5.88 Å². The normalized spacial score (nSPS) is 10.8. The lowest BCUT2D eigenvalue weighted by molar-refractivity contribution is 0.393. The molecule has 0 bridgehead atoms. The number of aromatic nitrogens is 2. The van der Waals surface area contributed by atoms with Crippen molar-refractivity contribution >= 4 is 11.6 Å². The summed E-state index contributed by atoms with van der Waals surface area (Å²) in [6, 6.07) is 8.71. The first-order chi connectivity index (χ1) is 12.0. The minimum atomic E-state index is -0.698. The third-order valence-electron chi connectivity index (χ3n) is 3.85. The monoisotopic (exact) mass is 364 g/mol. The molecule has 3 rings (SSSR count). The molecule has 0 saturated heterocycles. The second-order valence-electron chi connectivity index (χ2n) is 5.30. The molecule has 0 unspecified atom stereocenters. The van der Waals surface area contributed by atoms with Crippen molar-refractivity contribution in [2.24, 2.45) is 7.05 Å². The van der Waals surface area contributed by atoms with Gasteiger partial charge >= 0.3 is 0 Å². The van der Waals surface area contributed by atoms with Crippen molar-refractivity contribution in [2.45, 2.75) is 0 Å². The Morgan fingerprint density at radius 1 is 1.00 bits per heavy atom. The predicted octanol–water partition coefficient (Wildman–Crippen LogP) is 4.70. The van der Waals surface area contributed by atoms with Crippen molar-refractivity contribution in [1.82, 2.24) is 9.78 Å². The first-order valence-electron chi connectivity index (χ1n) is 7.37. The number of aryl methyl sites for hydroxylation is 1. The average molecular weight is 365 g/mol. The number of rotatable bonds is 4. The molecule has 25 heavy (non-hydrogen) atoms. The van der Waals surface area contributed by atoms with Crippen molar-refractivity contribution in [2.75, 3.05) is 14.2 Å². The topological polar surface area (TPSA) is 36.3 Å². The minimum absolute atomic E-state index is 0.192. The van der Waals surface area contributed by atoms with Crippen LogP contribution in [0, 0.1) is 11.6 Å². The van der Waals surface area contributed by atoms with Crippen LogP contribution in [0.15, 0.2) is 36.4 Å². The highest BCUT2D eigenvalue weighted by Crippen LogP contribution is 2.43. The quantitative estimate of drug-likeness (QED) is 0.673. The molecule has 1 heterocycles. The van der Waals surface area contributed by atoms with Gasteiger partial charge in [-0.1, -0.05) is 17.7 Å². The smallest absolute Gasteiger partial charge is 0.241 e. The molecule has 0 aliphatic carbocycles. The van der Waals surface area contributed by atoms with Gasteiger partial charge in [-0.3, -0.25) is 4.68 Å². The lowest BCUT2D eigenvalue weighted by atomic mass is 10.00. The van der Waals surface area contributed by atoms with Gasteiger partial charge in [0.15, 0.2) is 0 Å². The Bertz CT molecular complexity index is 921. The molecule has 0 atom stereocenters. The number of methoxy groups -OCH3 is 2. The summed E-state index contributed by atoms with van der Waals surface area (Å²) in [6.45, 7) is 0. The molecule has 0 N–H and O–H groups in total. The summed E-state index contributed by atoms with van der Waals surface area (Å²) in [6.07, 6.45) is 0. The predicted molar refractivity (Wildman–Crippen MR) is 92.1 cm³/mol. The summed E-state index contributed by atoms with van der Waals surface area (Å²) < 4.78 is 40.6. The molecule has 0 aliphatic heterocycles. The third-order valence-corrected chi connectivity index (χ3v) is 4.17. The van der Waals surface area contributed by atoms with Crippen LogP contribution in [-0.4, -0.2) is 24.0 Å². The Labute approximate surface area is 148 Å². The van der Waals surface area contributed by atoms with Crippen molar-refractivity contribution < 1.29 is 18.3 Å². The summed E-state index contributed by atoms with van der Waals surface area (Å²) in [5.41, 5.74) is 0.980. The van der Waals surface area contributed by atoms with E-state index in [0.29, 0.717) is 21.9 Å². The first-order valence-corrected chi connectivity index (χ1v) is 7.75. The molecule has 0 aliphatic rings. The molecule has 2 aromatic carbocycles. The zero-order valence-corrected chi connectivity index (χ0v) is 14.6. The van der Waals surface area contributed by atoms with E-state index in [1.54, 1.807) is 25.2 Å². The number of hydrogen-bond acceptors (Lipinski definition) is 3. The zero-order valence-electron chi connectivity index (χ0n) is 13.8. The van der Waals surface area contributed by atoms with Crippen LogP contribution in [0.1, 0.15) is 0 Å². The van der Waals surface area contributed by atoms with E-state index in [-0.39, 0.29) is 17.1 Å². The Hall–Kier alpha value is -2.60. The lowest BCUT2D eigenvalue weighted by Crippen LogP contribution is -1.99. The highest BCUT2D eigenvalue weighted by molar-refractivity contribution is 6.33. The van der Waals surface area contributed by atoms with Gasteiger partial charge in [0.25, 0.3) is 0 Å². The molecular formula is C18H15ClF2N2O2. The summed E-state index contributed by atoms with van der Waals surface area (Å²) in [4.78, 5) is 0. The van der Waals surface area contributed by atoms with Gasteiger partial charge in [-0.2, -0.15) is 0 Å². The van der Waals surface area contributed by atoms with E-state index in [0.717, 1.165) is 0 Å². The van der Waals surface area contributed by atoms with Gasteiger partial charge in [0.05, 0.1) is 36.1 Å². The fourth-order valence-corrected chi connectivity index (χ4v) is 2.99. The third kappa shape index (κ3) is 2.93. The number of hydrogen-bond donors (Lipinski definition) is 0. The molecule has 0 fully saturated rings. The molecular weight excluding hydrogens is 350 g/mol. The van der Waals surface area contributed by atoms with Crippen molar-refractivity contribution in [3.8, 4) is 34.0 Å². The lowest BCUT2D eigenvalue weighted by Gasteiger charge is -2.11. The summed E-state index contributed by atoms with van der Waals surface area (Å²) in [5.74, 6) is -0.615. The van der Waals surface area contributed by atoms with E-state index in [1.807, 2.05) is 0 Å². The van der Waals surface area contributed by atoms with E-state index >= 15 is 0 Å². The van der Waals surface area contributed by atoms with Gasteiger partial charge in [0, 0.05) is 12.6 Å². The zero-order chi connectivity index (χ0) is 18.1. The Balaban J connectivity index is 2.34. The minimum Gasteiger partial charge on any atom is -0.497 e. The van der Waals surface area contributed by atoms with E-state index in [9.17, 15) is 8.78 Å². The molecule has 0 spiro atoms. The number of halogens is 3. The van der Waals surface area contributed by atoms with Crippen molar-refractivity contribution in [3.05, 3.63) is 53.1 Å². The van der Waals surface area contributed by atoms with Gasteiger partial charge in [-0.25, -0.2) is 8.78 Å². The van der Waals surface area contributed by atoms with Crippen molar-refractivity contribution in [3.63, 3.8) is 0 Å². The SMILES string of the molecule is COc1ccc(-c2c(OC)nn(C)c2-c2c(F)cccc2F)c(Cl)c1. The molecule has 4 nitrogen and oxygen atoms in total. The molecule has 1 aromatic heterocycles. The molecule has 0 saturated carbocycles. The van der Waals surface area contributed by atoms with Crippen LogP contribution >= 0.6 is 11.6 Å². The largest absolute Gasteiger partial charge is 0.497 e. The van der Waals surface area contributed by atoms with Crippen LogP contribution < -0.4 is 9.47 Å². The van der Waals surface area contributed by atoms with E-state index < -0.39 is 11.6 Å². The average Bonchev–Trinajstić information content (AvgIpc) is 2.91. The van der Waals surface area contributed by atoms with Crippen LogP contribution in [0.3, 0.4) is 0 Å². The van der Waals surface area contributed by atoms with E-state index in [1.165, 1.54) is 37.1 Å². The maximum atomic E-state index is 14.4. The molecule has 0 amide bonds. The van der Waals surface area contributed by atoms with Crippen LogP contribution in [0.25, 0.3) is 22.4 Å². The second kappa shape index (κ2) is 6.72. The summed E-state index contributed by atoms with van der Waals surface area (Å²) in [7, 11) is 4.55. The number of benzene rings is 2. The van der Waals surface area contributed by atoms with Gasteiger partial charge in [0.1, 0.15) is 17.4 Å². The second-order valence-corrected chi connectivity index (χ2v) is 5.71. The van der Waals surface area contributed by atoms with E-state index in [2.05, 4.69) is 5.10 Å². The highest BCUT2D eigenvalue weighted by Gasteiger charge is 2.26. The maximum Gasteiger partial charge on any atom is 0.241 e. The van der Waals surface area contributed by atoms with Crippen LogP contribution in [-0.2, 0) is 7.05 Å². The number of nitrogens with zero attached hydrogens (tertiary/aromatic N) is 2. The summed E-state index contributed by atoms with van der Waals surface area (Å²) in [5, 5.41) is 4.57. The Kier molecular flexibility index (Phi) is 4.63. The van der Waals surface area contributed by atoms with Crippen molar-refractivity contribution in [1.29, 1.82) is 0 Å². The Morgan fingerprint density at radius 2 is 1.68 bits per heavy atom. The fraction of sp³-hybridized carbons (Fsp3) is 0.167. The standard InChI is InChI=1S/C18H15ClF2N2O2/c1-23-17(16-13(20)5-4-6-14(16)21)15(18(22-23)25-3)11-8-7-10(24-2)9-12(11)19/h4-9H,1-3H3.